The topological polar surface area (TPSA) is 31.4 Å². The molecule has 1 aliphatic rings. The maximum absolute atomic E-state index is 6.26. The van der Waals surface area contributed by atoms with Crippen molar-refractivity contribution in [2.45, 2.75) is 39.3 Å². The maximum atomic E-state index is 6.26. The molecule has 0 aromatic carbocycles. The van der Waals surface area contributed by atoms with E-state index in [0.717, 1.165) is 55.7 Å². The molecule has 0 saturated carbocycles. The van der Waals surface area contributed by atoms with Crippen molar-refractivity contribution in [2.24, 2.45) is 0 Å². The van der Waals surface area contributed by atoms with E-state index in [4.69, 9.17) is 16.6 Å². The predicted octanol–water partition coefficient (Wildman–Crippen LogP) is 2.77. The molecule has 1 aromatic heterocycles. The first kappa shape index (κ1) is 16.5. The number of halogens is 1. The Morgan fingerprint density at radius 2 is 2.10 bits per heavy atom. The zero-order chi connectivity index (χ0) is 15.5. The number of rotatable bonds is 5. The molecule has 0 unspecified atom stereocenters. The molecule has 0 bridgehead atoms. The van der Waals surface area contributed by atoms with E-state index >= 15 is 0 Å². The summed E-state index contributed by atoms with van der Waals surface area (Å²) in [7, 11) is 2.19. The third-order valence-corrected chi connectivity index (χ3v) is 4.61. The van der Waals surface area contributed by atoms with Crippen LogP contribution in [0.1, 0.15) is 32.9 Å². The first-order valence-electron chi connectivity index (χ1n) is 7.76. The number of aromatic nitrogens is 1. The molecule has 118 valence electrons. The highest BCUT2D eigenvalue weighted by Gasteiger charge is 2.31. The standard InChI is InChI=1S/C16H27ClN4/c1-5-8-18-11-14-13(17)6-7-15(19-14)21-10-9-20(4)16(2,3)12-21/h6-7,18H,5,8-12H2,1-4H3. The number of hydrogen-bond donors (Lipinski definition) is 1. The van der Waals surface area contributed by atoms with Gasteiger partial charge in [-0.3, -0.25) is 4.90 Å². The van der Waals surface area contributed by atoms with E-state index in [0.29, 0.717) is 0 Å². The van der Waals surface area contributed by atoms with E-state index in [1.807, 2.05) is 12.1 Å². The molecule has 1 N–H and O–H groups in total. The van der Waals surface area contributed by atoms with Crippen LogP contribution in [-0.2, 0) is 6.54 Å². The lowest BCUT2D eigenvalue weighted by Gasteiger charge is -2.45. The van der Waals surface area contributed by atoms with Crippen molar-refractivity contribution < 1.29 is 0 Å². The minimum Gasteiger partial charge on any atom is -0.353 e. The fourth-order valence-electron chi connectivity index (χ4n) is 2.59. The van der Waals surface area contributed by atoms with E-state index in [2.05, 4.69) is 42.9 Å². The van der Waals surface area contributed by atoms with Crippen LogP contribution in [0.5, 0.6) is 0 Å². The van der Waals surface area contributed by atoms with E-state index in [9.17, 15) is 0 Å². The van der Waals surface area contributed by atoms with Gasteiger partial charge < -0.3 is 10.2 Å². The maximum Gasteiger partial charge on any atom is 0.129 e. The smallest absolute Gasteiger partial charge is 0.129 e. The van der Waals surface area contributed by atoms with Gasteiger partial charge in [-0.05, 0) is 46.0 Å². The number of likely N-dealkylation sites (N-methyl/N-ethyl adjacent to an activating group) is 1. The monoisotopic (exact) mass is 310 g/mol. The molecule has 0 aliphatic carbocycles. The van der Waals surface area contributed by atoms with Gasteiger partial charge >= 0.3 is 0 Å². The first-order valence-corrected chi connectivity index (χ1v) is 8.14. The summed E-state index contributed by atoms with van der Waals surface area (Å²) >= 11 is 6.26. The second-order valence-corrected chi connectivity index (χ2v) is 6.84. The van der Waals surface area contributed by atoms with Crippen LogP contribution in [0.25, 0.3) is 0 Å². The molecule has 0 spiro atoms. The summed E-state index contributed by atoms with van der Waals surface area (Å²) in [5, 5.41) is 4.12. The Bertz CT molecular complexity index is 475. The van der Waals surface area contributed by atoms with Gasteiger partial charge in [-0.15, -0.1) is 0 Å². The predicted molar refractivity (Wildman–Crippen MR) is 90.2 cm³/mol. The minimum absolute atomic E-state index is 0.167. The van der Waals surface area contributed by atoms with Gasteiger partial charge in [0.2, 0.25) is 0 Å². The lowest BCUT2D eigenvalue weighted by Crippen LogP contribution is -2.57. The molecular weight excluding hydrogens is 284 g/mol. The fraction of sp³-hybridized carbons (Fsp3) is 0.688. The van der Waals surface area contributed by atoms with Gasteiger partial charge in [-0.25, -0.2) is 4.98 Å². The third-order valence-electron chi connectivity index (χ3n) is 4.26. The van der Waals surface area contributed by atoms with Crippen LogP contribution in [0.4, 0.5) is 5.82 Å². The second-order valence-electron chi connectivity index (χ2n) is 6.43. The summed E-state index contributed by atoms with van der Waals surface area (Å²) in [6.45, 7) is 11.5. The highest BCUT2D eigenvalue weighted by molar-refractivity contribution is 6.31. The van der Waals surface area contributed by atoms with Crippen molar-refractivity contribution in [1.29, 1.82) is 0 Å². The van der Waals surface area contributed by atoms with Gasteiger partial charge in [-0.1, -0.05) is 18.5 Å². The van der Waals surface area contributed by atoms with Gasteiger partial charge in [0.05, 0.1) is 10.7 Å². The molecule has 4 nitrogen and oxygen atoms in total. The molecule has 1 aliphatic heterocycles. The average Bonchev–Trinajstić information content (AvgIpc) is 2.44. The van der Waals surface area contributed by atoms with E-state index in [1.165, 1.54) is 0 Å². The zero-order valence-electron chi connectivity index (χ0n) is 13.6. The van der Waals surface area contributed by atoms with Gasteiger partial charge in [-0.2, -0.15) is 0 Å². The van der Waals surface area contributed by atoms with Crippen LogP contribution in [0.3, 0.4) is 0 Å². The summed E-state index contributed by atoms with van der Waals surface area (Å²) in [6.07, 6.45) is 1.12. The molecule has 1 saturated heterocycles. The Hall–Kier alpha value is -0.840. The molecule has 0 radical (unpaired) electrons. The fourth-order valence-corrected chi connectivity index (χ4v) is 2.76. The highest BCUT2D eigenvalue weighted by Crippen LogP contribution is 2.25. The van der Waals surface area contributed by atoms with Crippen molar-refractivity contribution in [3.8, 4) is 0 Å². The Labute approximate surface area is 133 Å². The number of hydrogen-bond acceptors (Lipinski definition) is 4. The Kier molecular flexibility index (Phi) is 5.47. The number of nitrogens with zero attached hydrogens (tertiary/aromatic N) is 3. The molecule has 1 aromatic rings. The van der Waals surface area contributed by atoms with Gasteiger partial charge in [0, 0.05) is 31.7 Å². The van der Waals surface area contributed by atoms with Crippen molar-refractivity contribution in [3.05, 3.63) is 22.8 Å². The molecule has 2 heterocycles. The largest absolute Gasteiger partial charge is 0.353 e. The number of piperazine rings is 1. The van der Waals surface area contributed by atoms with E-state index in [1.54, 1.807) is 0 Å². The van der Waals surface area contributed by atoms with Crippen LogP contribution in [0.15, 0.2) is 12.1 Å². The lowest BCUT2D eigenvalue weighted by molar-refractivity contribution is 0.138. The second kappa shape index (κ2) is 6.95. The summed E-state index contributed by atoms with van der Waals surface area (Å²) in [4.78, 5) is 9.54. The molecule has 0 atom stereocenters. The molecule has 0 amide bonds. The van der Waals surface area contributed by atoms with Crippen LogP contribution in [0.2, 0.25) is 5.02 Å². The number of pyridine rings is 1. The SMILES string of the molecule is CCCNCc1nc(N2CCN(C)C(C)(C)C2)ccc1Cl. The van der Waals surface area contributed by atoms with E-state index in [-0.39, 0.29) is 5.54 Å². The summed E-state index contributed by atoms with van der Waals surface area (Å²) in [5.41, 5.74) is 1.11. The Morgan fingerprint density at radius 3 is 2.76 bits per heavy atom. The molecule has 5 heteroatoms. The molecular formula is C16H27ClN4. The van der Waals surface area contributed by atoms with Crippen molar-refractivity contribution in [2.75, 3.05) is 38.1 Å². The van der Waals surface area contributed by atoms with Crippen molar-refractivity contribution in [1.82, 2.24) is 15.2 Å². The number of nitrogens with one attached hydrogen (secondary N) is 1. The van der Waals surface area contributed by atoms with Gasteiger partial charge in [0.15, 0.2) is 0 Å². The van der Waals surface area contributed by atoms with E-state index < -0.39 is 0 Å². The summed E-state index contributed by atoms with van der Waals surface area (Å²) in [6, 6.07) is 4.01. The Balaban J connectivity index is 2.11. The van der Waals surface area contributed by atoms with Gasteiger partial charge in [0.25, 0.3) is 0 Å². The molecule has 2 rings (SSSR count). The molecule has 1 fully saturated rings. The van der Waals surface area contributed by atoms with Crippen molar-refractivity contribution in [3.63, 3.8) is 0 Å². The average molecular weight is 311 g/mol. The summed E-state index contributed by atoms with van der Waals surface area (Å²) in [5.74, 6) is 1.04. The minimum atomic E-state index is 0.167. The van der Waals surface area contributed by atoms with Crippen LogP contribution < -0.4 is 10.2 Å². The lowest BCUT2D eigenvalue weighted by atomic mass is 10.00. The van der Waals surface area contributed by atoms with Crippen LogP contribution in [-0.4, -0.2) is 48.6 Å². The highest BCUT2D eigenvalue weighted by atomic mass is 35.5. The first-order chi connectivity index (χ1) is 9.94. The van der Waals surface area contributed by atoms with Crippen LogP contribution in [0, 0.1) is 0 Å². The Morgan fingerprint density at radius 1 is 1.33 bits per heavy atom. The van der Waals surface area contributed by atoms with Crippen LogP contribution >= 0.6 is 11.6 Å². The third kappa shape index (κ3) is 4.09. The summed E-state index contributed by atoms with van der Waals surface area (Å²) < 4.78 is 0. The molecule has 21 heavy (non-hydrogen) atoms. The normalized spacial score (nSPS) is 19.0. The van der Waals surface area contributed by atoms with Gasteiger partial charge in [0.1, 0.15) is 5.82 Å². The zero-order valence-corrected chi connectivity index (χ0v) is 14.4. The quantitative estimate of drug-likeness (QED) is 0.847. The van der Waals surface area contributed by atoms with Crippen molar-refractivity contribution >= 4 is 17.4 Å². The number of anilines is 1.